The number of anilines is 1. The minimum Gasteiger partial charge on any atom is -0.484 e. The molecule has 33 heavy (non-hydrogen) atoms. The van der Waals surface area contributed by atoms with E-state index in [0.29, 0.717) is 25.4 Å². The zero-order valence-corrected chi connectivity index (χ0v) is 18.5. The monoisotopic (exact) mass is 442 g/mol. The molecule has 4 heterocycles. The topological polar surface area (TPSA) is 96.0 Å². The lowest BCUT2D eigenvalue weighted by Gasteiger charge is -2.17. The number of aryl methyl sites for hydroxylation is 1. The van der Waals surface area contributed by atoms with Crippen molar-refractivity contribution in [1.29, 1.82) is 0 Å². The first-order valence-corrected chi connectivity index (χ1v) is 11.1. The quantitative estimate of drug-likeness (QED) is 0.453. The smallest absolute Gasteiger partial charge is 0.260 e. The molecule has 1 saturated heterocycles. The predicted octanol–water partition coefficient (Wildman–Crippen LogP) is 3.67. The van der Waals surface area contributed by atoms with Crippen LogP contribution < -0.4 is 10.1 Å². The van der Waals surface area contributed by atoms with E-state index in [1.807, 2.05) is 72.5 Å². The van der Waals surface area contributed by atoms with E-state index < -0.39 is 0 Å². The molecule has 0 saturated carbocycles. The van der Waals surface area contributed by atoms with Crippen LogP contribution >= 0.6 is 0 Å². The lowest BCUT2D eigenvalue weighted by Crippen LogP contribution is -2.32. The standard InChI is InChI=1S/C25H26N6O2/c1-17-6-5-7-19(27-17)14-26-24-21-10-11-22(28-25(21)30-29-24)18-12-13-31(15-18)23(32)16-33-20-8-3-2-4-9-20/h2-11,18H,12-16H2,1H3,(H2,26,28,29,30)/t18-/m0/s1. The van der Waals surface area contributed by atoms with Crippen molar-refractivity contribution < 1.29 is 9.53 Å². The normalized spacial score (nSPS) is 15.7. The first kappa shape index (κ1) is 20.9. The molecule has 1 aliphatic rings. The average Bonchev–Trinajstić information content (AvgIpc) is 3.49. The molecule has 3 aromatic heterocycles. The molecular weight excluding hydrogens is 416 g/mol. The van der Waals surface area contributed by atoms with Gasteiger partial charge in [-0.2, -0.15) is 5.10 Å². The number of amides is 1. The van der Waals surface area contributed by atoms with E-state index in [1.54, 1.807) is 0 Å². The first-order chi connectivity index (χ1) is 16.2. The van der Waals surface area contributed by atoms with Crippen molar-refractivity contribution in [2.24, 2.45) is 0 Å². The van der Waals surface area contributed by atoms with Crippen LogP contribution in [0.2, 0.25) is 0 Å². The predicted molar refractivity (Wildman–Crippen MR) is 126 cm³/mol. The molecule has 1 aromatic carbocycles. The molecule has 1 aliphatic heterocycles. The van der Waals surface area contributed by atoms with Crippen molar-refractivity contribution in [2.45, 2.75) is 25.8 Å². The molecular formula is C25H26N6O2. The van der Waals surface area contributed by atoms with Crippen molar-refractivity contribution in [3.8, 4) is 5.75 Å². The summed E-state index contributed by atoms with van der Waals surface area (Å²) >= 11 is 0. The zero-order valence-electron chi connectivity index (χ0n) is 18.5. The highest BCUT2D eigenvalue weighted by Gasteiger charge is 2.28. The number of carbonyl (C=O) groups is 1. The third kappa shape index (κ3) is 4.79. The molecule has 0 radical (unpaired) electrons. The van der Waals surface area contributed by atoms with Crippen LogP contribution in [0.4, 0.5) is 5.82 Å². The van der Waals surface area contributed by atoms with Crippen LogP contribution in [-0.4, -0.2) is 50.7 Å². The summed E-state index contributed by atoms with van der Waals surface area (Å²) in [5.74, 6) is 1.66. The van der Waals surface area contributed by atoms with Crippen LogP contribution in [0.1, 0.15) is 29.4 Å². The number of para-hydroxylation sites is 1. The Hall–Kier alpha value is -3.94. The number of pyridine rings is 2. The van der Waals surface area contributed by atoms with Gasteiger partial charge in [-0.25, -0.2) is 4.98 Å². The maximum Gasteiger partial charge on any atom is 0.260 e. The number of hydrogen-bond donors (Lipinski definition) is 2. The second-order valence-corrected chi connectivity index (χ2v) is 8.26. The molecule has 0 spiro atoms. The number of aromatic amines is 1. The van der Waals surface area contributed by atoms with Gasteiger partial charge in [0.1, 0.15) is 5.75 Å². The molecule has 5 rings (SSSR count). The molecule has 0 aliphatic carbocycles. The third-order valence-corrected chi connectivity index (χ3v) is 5.89. The van der Waals surface area contributed by atoms with Gasteiger partial charge in [-0.3, -0.25) is 14.9 Å². The van der Waals surface area contributed by atoms with Crippen molar-refractivity contribution in [2.75, 3.05) is 25.0 Å². The summed E-state index contributed by atoms with van der Waals surface area (Å²) < 4.78 is 5.61. The molecule has 1 fully saturated rings. The summed E-state index contributed by atoms with van der Waals surface area (Å²) in [5, 5.41) is 11.7. The number of hydrogen-bond acceptors (Lipinski definition) is 6. The Morgan fingerprint density at radius 2 is 2.00 bits per heavy atom. The average molecular weight is 443 g/mol. The molecule has 168 valence electrons. The highest BCUT2D eigenvalue weighted by Crippen LogP contribution is 2.28. The van der Waals surface area contributed by atoms with Crippen LogP contribution in [0.25, 0.3) is 11.0 Å². The molecule has 2 N–H and O–H groups in total. The highest BCUT2D eigenvalue weighted by atomic mass is 16.5. The van der Waals surface area contributed by atoms with Gasteiger partial charge in [0.2, 0.25) is 0 Å². The van der Waals surface area contributed by atoms with Gasteiger partial charge < -0.3 is 15.0 Å². The Bertz CT molecular complexity index is 1260. The summed E-state index contributed by atoms with van der Waals surface area (Å²) in [6.45, 7) is 3.98. The highest BCUT2D eigenvalue weighted by molar-refractivity contribution is 5.87. The van der Waals surface area contributed by atoms with Crippen molar-refractivity contribution in [1.82, 2.24) is 25.1 Å². The Morgan fingerprint density at radius 3 is 2.85 bits per heavy atom. The fraction of sp³-hybridized carbons (Fsp3) is 0.280. The van der Waals surface area contributed by atoms with Gasteiger partial charge in [-0.1, -0.05) is 24.3 Å². The summed E-state index contributed by atoms with van der Waals surface area (Å²) in [6.07, 6.45) is 0.883. The van der Waals surface area contributed by atoms with E-state index >= 15 is 0 Å². The molecule has 0 bridgehead atoms. The largest absolute Gasteiger partial charge is 0.484 e. The molecule has 4 aromatic rings. The van der Waals surface area contributed by atoms with Crippen LogP contribution in [0.5, 0.6) is 5.75 Å². The van der Waals surface area contributed by atoms with Crippen molar-refractivity contribution >= 4 is 22.8 Å². The first-order valence-electron chi connectivity index (χ1n) is 11.1. The van der Waals surface area contributed by atoms with E-state index in [4.69, 9.17) is 9.72 Å². The molecule has 1 atom stereocenters. The Morgan fingerprint density at radius 1 is 1.12 bits per heavy atom. The van der Waals surface area contributed by atoms with Gasteiger partial charge in [-0.15, -0.1) is 0 Å². The van der Waals surface area contributed by atoms with Gasteiger partial charge in [-0.05, 0) is 49.7 Å². The number of rotatable bonds is 7. The lowest BCUT2D eigenvalue weighted by molar-refractivity contribution is -0.132. The van der Waals surface area contributed by atoms with Gasteiger partial charge in [0.15, 0.2) is 18.1 Å². The fourth-order valence-electron chi connectivity index (χ4n) is 4.14. The van der Waals surface area contributed by atoms with Crippen LogP contribution in [-0.2, 0) is 11.3 Å². The number of nitrogens with zero attached hydrogens (tertiary/aromatic N) is 4. The van der Waals surface area contributed by atoms with Crippen LogP contribution in [0.15, 0.2) is 60.7 Å². The lowest BCUT2D eigenvalue weighted by atomic mass is 10.0. The van der Waals surface area contributed by atoms with Crippen LogP contribution in [0.3, 0.4) is 0 Å². The van der Waals surface area contributed by atoms with Gasteiger partial charge in [0, 0.05) is 30.4 Å². The number of likely N-dealkylation sites (tertiary alicyclic amines) is 1. The minimum atomic E-state index is 0.000200. The molecule has 8 nitrogen and oxygen atoms in total. The number of carbonyl (C=O) groups excluding carboxylic acids is 1. The maximum atomic E-state index is 12.6. The minimum absolute atomic E-state index is 0.000200. The fourth-order valence-corrected chi connectivity index (χ4v) is 4.14. The van der Waals surface area contributed by atoms with E-state index in [-0.39, 0.29) is 18.4 Å². The molecule has 0 unspecified atom stereocenters. The van der Waals surface area contributed by atoms with Crippen molar-refractivity contribution in [3.05, 3.63) is 77.7 Å². The SMILES string of the molecule is Cc1cccc(CNc2n[nH]c3nc([C@H]4CCN(C(=O)COc5ccccc5)C4)ccc23)n1. The van der Waals surface area contributed by atoms with Crippen molar-refractivity contribution in [3.63, 3.8) is 0 Å². The summed E-state index contributed by atoms with van der Waals surface area (Å²) in [7, 11) is 0. The number of fused-ring (bicyclic) bond motifs is 1. The van der Waals surface area contributed by atoms with E-state index in [1.165, 1.54) is 0 Å². The number of aromatic nitrogens is 4. The van der Waals surface area contributed by atoms with Gasteiger partial charge in [0.25, 0.3) is 5.91 Å². The molecule has 8 heteroatoms. The third-order valence-electron chi connectivity index (χ3n) is 5.89. The van der Waals surface area contributed by atoms with E-state index in [2.05, 4.69) is 20.5 Å². The van der Waals surface area contributed by atoms with E-state index in [0.717, 1.165) is 40.4 Å². The van der Waals surface area contributed by atoms with Gasteiger partial charge >= 0.3 is 0 Å². The number of nitrogens with one attached hydrogen (secondary N) is 2. The maximum absolute atomic E-state index is 12.6. The van der Waals surface area contributed by atoms with E-state index in [9.17, 15) is 4.79 Å². The zero-order chi connectivity index (χ0) is 22.6. The number of ether oxygens (including phenoxy) is 1. The Kier molecular flexibility index (Phi) is 5.89. The second-order valence-electron chi connectivity index (χ2n) is 8.26. The second kappa shape index (κ2) is 9.28. The summed E-state index contributed by atoms with van der Waals surface area (Å²) in [4.78, 5) is 23.7. The van der Waals surface area contributed by atoms with Crippen LogP contribution in [0, 0.1) is 6.92 Å². The molecule has 1 amide bonds. The Labute approximate surface area is 192 Å². The number of benzene rings is 1. The number of H-pyrrole nitrogens is 1. The summed E-state index contributed by atoms with van der Waals surface area (Å²) in [5.41, 5.74) is 3.66. The van der Waals surface area contributed by atoms with Gasteiger partial charge in [0.05, 0.1) is 17.6 Å². The summed E-state index contributed by atoms with van der Waals surface area (Å²) in [6, 6.07) is 19.4. The Balaban J connectivity index is 1.20.